The number of ether oxygens (including phenoxy) is 2. The number of carbonyl (C=O) groups is 1. The smallest absolute Gasteiger partial charge is 0.394 e. The van der Waals surface area contributed by atoms with Crippen molar-refractivity contribution in [1.29, 1.82) is 0 Å². The summed E-state index contributed by atoms with van der Waals surface area (Å²) < 4.78 is 47.9. The number of carbonyl (C=O) groups excluding carboxylic acids is 1. The fourth-order valence-electron chi connectivity index (χ4n) is 9.72. The lowest BCUT2D eigenvalue weighted by atomic mass is 9.99. The van der Waals surface area contributed by atoms with Gasteiger partial charge < -0.3 is 35.2 Å². The second kappa shape index (κ2) is 49.9. The van der Waals surface area contributed by atoms with Crippen LogP contribution in [0.15, 0.2) is 36.5 Å². The van der Waals surface area contributed by atoms with Gasteiger partial charge in [-0.05, 0) is 51.4 Å². The molecule has 1 aliphatic heterocycles. The van der Waals surface area contributed by atoms with Gasteiger partial charge in [-0.1, -0.05) is 262 Å². The third kappa shape index (κ3) is 42.1. The summed E-state index contributed by atoms with van der Waals surface area (Å²) in [6, 6.07) is -0.948. The van der Waals surface area contributed by atoms with Crippen molar-refractivity contribution < 1.29 is 51.8 Å². The minimum atomic E-state index is -5.09. The van der Waals surface area contributed by atoms with Crippen molar-refractivity contribution in [2.45, 2.75) is 326 Å². The van der Waals surface area contributed by atoms with Crippen LogP contribution in [0.25, 0.3) is 0 Å². The second-order valence-corrected chi connectivity index (χ2v) is 22.3. The van der Waals surface area contributed by atoms with Gasteiger partial charge in [0.25, 0.3) is 0 Å². The largest absolute Gasteiger partial charge is 0.397 e. The fourth-order valence-corrected chi connectivity index (χ4v) is 10.2. The minimum absolute atomic E-state index is 0.264. The first-order chi connectivity index (χ1) is 35.5. The Kier molecular flexibility index (Phi) is 47.4. The average Bonchev–Trinajstić information content (AvgIpc) is 3.37. The van der Waals surface area contributed by atoms with Crippen LogP contribution < -0.4 is 5.32 Å². The molecule has 6 N–H and O–H groups in total. The van der Waals surface area contributed by atoms with Crippen molar-refractivity contribution in [2.75, 3.05) is 13.2 Å². The molecule has 12 nitrogen and oxygen atoms in total. The number of unbranched alkanes of at least 4 members (excludes halogenated alkanes) is 37. The van der Waals surface area contributed by atoms with Gasteiger partial charge in [-0.15, -0.1) is 0 Å². The summed E-state index contributed by atoms with van der Waals surface area (Å²) in [4.78, 5) is 13.1. The molecule has 0 aromatic rings. The summed E-state index contributed by atoms with van der Waals surface area (Å²) >= 11 is 0. The molecule has 1 saturated heterocycles. The highest BCUT2D eigenvalue weighted by Gasteiger charge is 2.48. The van der Waals surface area contributed by atoms with E-state index in [-0.39, 0.29) is 18.9 Å². The standard InChI is InChI=1S/C60H113NO11S/c1-3-5-7-9-11-13-15-17-19-21-23-25-26-27-28-30-32-34-36-38-40-42-44-46-48-50-56(64)61-53(52-70-60-58(66)59(72-73(67,68)69)57(65)55(51-62)71-60)54(63)49-47-45-43-41-39-37-35-33-31-29-24-22-20-18-16-14-12-10-8-6-4-2/h23,25,27-28,47,49,53-55,57-60,62-63,65-66H,3-22,24,26,29-46,48,50-52H2,1-2H3,(H,61,64)(H,67,68,69)/b25-23-,28-27-,49-47+. The van der Waals surface area contributed by atoms with E-state index in [1.54, 1.807) is 6.08 Å². The molecule has 0 spiro atoms. The predicted octanol–water partition coefficient (Wildman–Crippen LogP) is 14.6. The molecule has 0 bridgehead atoms. The van der Waals surface area contributed by atoms with Crippen molar-refractivity contribution in [2.24, 2.45) is 0 Å². The van der Waals surface area contributed by atoms with Crippen molar-refractivity contribution >= 4 is 16.3 Å². The number of hydrogen-bond acceptors (Lipinski definition) is 10. The van der Waals surface area contributed by atoms with Crippen molar-refractivity contribution in [3.8, 4) is 0 Å². The van der Waals surface area contributed by atoms with Gasteiger partial charge in [-0.25, -0.2) is 4.18 Å². The van der Waals surface area contributed by atoms with E-state index >= 15 is 0 Å². The molecule has 7 atom stereocenters. The fraction of sp³-hybridized carbons (Fsp3) is 0.883. The number of hydrogen-bond donors (Lipinski definition) is 6. The molecule has 1 heterocycles. The first-order valence-electron chi connectivity index (χ1n) is 30.4. The van der Waals surface area contributed by atoms with Gasteiger partial charge in [0.05, 0.1) is 25.4 Å². The molecule has 1 fully saturated rings. The second-order valence-electron chi connectivity index (χ2n) is 21.3. The lowest BCUT2D eigenvalue weighted by Crippen LogP contribution is -2.61. The third-order valence-corrected chi connectivity index (χ3v) is 14.9. The summed E-state index contributed by atoms with van der Waals surface area (Å²) in [5, 5.41) is 45.0. The van der Waals surface area contributed by atoms with Crippen molar-refractivity contribution in [3.63, 3.8) is 0 Å². The first kappa shape index (κ1) is 69.3. The number of nitrogens with one attached hydrogen (secondary N) is 1. The minimum Gasteiger partial charge on any atom is -0.394 e. The Bertz CT molecular complexity index is 1430. The Hall–Kier alpha value is -1.68. The first-order valence-corrected chi connectivity index (χ1v) is 31.7. The maximum Gasteiger partial charge on any atom is 0.397 e. The zero-order chi connectivity index (χ0) is 53.3. The Morgan fingerprint density at radius 1 is 0.548 bits per heavy atom. The molecule has 73 heavy (non-hydrogen) atoms. The molecular weight excluding hydrogens is 943 g/mol. The highest BCUT2D eigenvalue weighted by molar-refractivity contribution is 7.80. The predicted molar refractivity (Wildman–Crippen MR) is 301 cm³/mol. The van der Waals surface area contributed by atoms with Gasteiger partial charge in [0, 0.05) is 6.42 Å². The zero-order valence-corrected chi connectivity index (χ0v) is 47.5. The Morgan fingerprint density at radius 2 is 0.918 bits per heavy atom. The average molecular weight is 1060 g/mol. The Morgan fingerprint density at radius 3 is 1.30 bits per heavy atom. The zero-order valence-electron chi connectivity index (χ0n) is 46.7. The third-order valence-electron chi connectivity index (χ3n) is 14.4. The normalized spacial score (nSPS) is 19.5. The van der Waals surface area contributed by atoms with Gasteiger partial charge in [-0.3, -0.25) is 9.35 Å². The van der Waals surface area contributed by atoms with Crippen LogP contribution >= 0.6 is 0 Å². The summed E-state index contributed by atoms with van der Waals surface area (Å²) in [7, 11) is -5.09. The van der Waals surface area contributed by atoms with E-state index in [1.807, 2.05) is 6.08 Å². The quantitative estimate of drug-likeness (QED) is 0.0193. The van der Waals surface area contributed by atoms with Crippen LogP contribution in [0.5, 0.6) is 0 Å². The Balaban J connectivity index is 2.36. The van der Waals surface area contributed by atoms with Gasteiger partial charge in [-0.2, -0.15) is 8.42 Å². The maximum atomic E-state index is 13.1. The number of allylic oxidation sites excluding steroid dienone is 5. The molecule has 1 rings (SSSR count). The van der Waals surface area contributed by atoms with Gasteiger partial charge >= 0.3 is 10.4 Å². The molecule has 430 valence electrons. The van der Waals surface area contributed by atoms with E-state index in [1.165, 1.54) is 205 Å². The number of aliphatic hydroxyl groups excluding tert-OH is 4. The Labute approximate surface area is 447 Å². The SMILES string of the molecule is CCCCCCCCCCC/C=C\C/C=C\CCCCCCCCCCCC(=O)NC(COC1OC(CO)C(O)C(OS(=O)(=O)O)C1O)C(O)/C=C/CCCCCCCCCCCCCCCCCCCCC. The van der Waals surface area contributed by atoms with Crippen LogP contribution in [0, 0.1) is 0 Å². The van der Waals surface area contributed by atoms with Crippen molar-refractivity contribution in [3.05, 3.63) is 36.5 Å². The van der Waals surface area contributed by atoms with E-state index in [0.29, 0.717) is 6.42 Å². The van der Waals surface area contributed by atoms with E-state index in [4.69, 9.17) is 9.47 Å². The molecule has 0 aromatic carbocycles. The molecule has 13 heteroatoms. The van der Waals surface area contributed by atoms with E-state index in [0.717, 1.165) is 51.4 Å². The van der Waals surface area contributed by atoms with Crippen LogP contribution in [0.4, 0.5) is 0 Å². The van der Waals surface area contributed by atoms with Crippen LogP contribution in [0.2, 0.25) is 0 Å². The summed E-state index contributed by atoms with van der Waals surface area (Å²) in [6.07, 6.45) is 54.7. The molecule has 0 aromatic heterocycles. The van der Waals surface area contributed by atoms with Crippen LogP contribution in [-0.2, 0) is 28.9 Å². The molecule has 0 aliphatic carbocycles. The molecule has 0 radical (unpaired) electrons. The lowest BCUT2D eigenvalue weighted by Gasteiger charge is -2.41. The van der Waals surface area contributed by atoms with Gasteiger partial charge in [0.1, 0.15) is 24.4 Å². The monoisotopic (exact) mass is 1060 g/mol. The van der Waals surface area contributed by atoms with E-state index in [9.17, 15) is 38.2 Å². The van der Waals surface area contributed by atoms with E-state index in [2.05, 4.69) is 47.7 Å². The number of amides is 1. The maximum absolute atomic E-state index is 13.1. The highest BCUT2D eigenvalue weighted by atomic mass is 32.3. The van der Waals surface area contributed by atoms with E-state index < -0.39 is 59.9 Å². The van der Waals surface area contributed by atoms with Gasteiger partial charge in [0.2, 0.25) is 5.91 Å². The summed E-state index contributed by atoms with van der Waals surface area (Å²) in [6.45, 7) is 3.43. The van der Waals surface area contributed by atoms with Crippen LogP contribution in [0.3, 0.4) is 0 Å². The number of aliphatic hydroxyl groups is 4. The van der Waals surface area contributed by atoms with Crippen LogP contribution in [0.1, 0.15) is 284 Å². The molecule has 7 unspecified atom stereocenters. The molecule has 1 amide bonds. The molecular formula is C60H113NO11S. The molecule has 1 aliphatic rings. The number of rotatable bonds is 53. The summed E-state index contributed by atoms with van der Waals surface area (Å²) in [5.41, 5.74) is 0. The topological polar surface area (TPSA) is 192 Å². The lowest BCUT2D eigenvalue weighted by molar-refractivity contribution is -0.298. The van der Waals surface area contributed by atoms with Crippen molar-refractivity contribution in [1.82, 2.24) is 5.32 Å². The summed E-state index contributed by atoms with van der Waals surface area (Å²) in [5.74, 6) is -0.264. The molecule has 0 saturated carbocycles. The highest BCUT2D eigenvalue weighted by Crippen LogP contribution is 2.26. The van der Waals surface area contributed by atoms with Gasteiger partial charge in [0.15, 0.2) is 6.29 Å². The van der Waals surface area contributed by atoms with Crippen LogP contribution in [-0.4, -0.2) is 95.4 Å².